The second-order valence-electron chi connectivity index (χ2n) is 6.56. The minimum atomic E-state index is -0.670. The van der Waals surface area contributed by atoms with Crippen LogP contribution in [0.1, 0.15) is 46.4 Å². The smallest absolute Gasteiger partial charge is 0.307 e. The predicted octanol–water partition coefficient (Wildman–Crippen LogP) is 1.91. The SMILES string of the molecule is CCn1ncnc1CNC1CCC(C(=O)O)C(C)(C)C1C. The summed E-state index contributed by atoms with van der Waals surface area (Å²) in [7, 11) is 0. The molecule has 1 aromatic heterocycles. The van der Waals surface area contributed by atoms with E-state index in [2.05, 4.69) is 36.2 Å². The zero-order valence-corrected chi connectivity index (χ0v) is 13.3. The summed E-state index contributed by atoms with van der Waals surface area (Å²) in [6, 6.07) is 0.317. The minimum absolute atomic E-state index is 0.208. The molecule has 3 unspecified atom stereocenters. The van der Waals surface area contributed by atoms with Crippen molar-refractivity contribution in [3.05, 3.63) is 12.2 Å². The second-order valence-corrected chi connectivity index (χ2v) is 6.56. The van der Waals surface area contributed by atoms with Gasteiger partial charge in [0, 0.05) is 12.6 Å². The first-order valence-corrected chi connectivity index (χ1v) is 7.70. The number of aryl methyl sites for hydroxylation is 1. The van der Waals surface area contributed by atoms with Gasteiger partial charge >= 0.3 is 5.97 Å². The van der Waals surface area contributed by atoms with Gasteiger partial charge in [-0.25, -0.2) is 9.67 Å². The molecule has 0 aliphatic heterocycles. The Morgan fingerprint density at radius 3 is 2.86 bits per heavy atom. The fourth-order valence-corrected chi connectivity index (χ4v) is 3.44. The first-order chi connectivity index (χ1) is 9.87. The van der Waals surface area contributed by atoms with E-state index in [9.17, 15) is 9.90 Å². The number of rotatable bonds is 5. The summed E-state index contributed by atoms with van der Waals surface area (Å²) in [5, 5.41) is 17.1. The average molecular weight is 294 g/mol. The Morgan fingerprint density at radius 2 is 2.24 bits per heavy atom. The Hall–Kier alpha value is -1.43. The van der Waals surface area contributed by atoms with Crippen molar-refractivity contribution in [3.63, 3.8) is 0 Å². The summed E-state index contributed by atoms with van der Waals surface area (Å²) in [4.78, 5) is 15.7. The van der Waals surface area contributed by atoms with Crippen LogP contribution in [-0.4, -0.2) is 31.9 Å². The molecule has 1 fully saturated rings. The predicted molar refractivity (Wildman–Crippen MR) is 79.6 cm³/mol. The highest BCUT2D eigenvalue weighted by Gasteiger charge is 2.46. The quantitative estimate of drug-likeness (QED) is 0.867. The second kappa shape index (κ2) is 6.13. The van der Waals surface area contributed by atoms with Crippen LogP contribution in [0.15, 0.2) is 6.33 Å². The Balaban J connectivity index is 2.01. The summed E-state index contributed by atoms with van der Waals surface area (Å²) in [6.45, 7) is 9.82. The number of nitrogens with one attached hydrogen (secondary N) is 1. The number of nitrogens with zero attached hydrogens (tertiary/aromatic N) is 3. The molecule has 118 valence electrons. The Morgan fingerprint density at radius 1 is 1.52 bits per heavy atom. The standard InChI is InChI=1S/C15H26N4O2/c1-5-19-13(17-9-18-19)8-16-12-7-6-11(14(20)21)15(3,4)10(12)2/h9-12,16H,5-8H2,1-4H3,(H,20,21). The third kappa shape index (κ3) is 3.10. The van der Waals surface area contributed by atoms with Gasteiger partial charge < -0.3 is 10.4 Å². The van der Waals surface area contributed by atoms with Crippen LogP contribution >= 0.6 is 0 Å². The molecule has 1 saturated carbocycles. The molecule has 6 nitrogen and oxygen atoms in total. The van der Waals surface area contributed by atoms with Crippen LogP contribution in [0, 0.1) is 17.3 Å². The molecule has 3 atom stereocenters. The van der Waals surface area contributed by atoms with Crippen LogP contribution in [-0.2, 0) is 17.9 Å². The largest absolute Gasteiger partial charge is 0.481 e. The van der Waals surface area contributed by atoms with E-state index in [0.717, 1.165) is 25.2 Å². The maximum absolute atomic E-state index is 11.4. The first-order valence-electron chi connectivity index (χ1n) is 7.70. The number of hydrogen-bond donors (Lipinski definition) is 2. The van der Waals surface area contributed by atoms with Gasteiger partial charge in [-0.05, 0) is 31.1 Å². The van der Waals surface area contributed by atoms with Gasteiger partial charge in [0.2, 0.25) is 0 Å². The molecule has 0 spiro atoms. The van der Waals surface area contributed by atoms with Crippen molar-refractivity contribution >= 4 is 5.97 Å². The van der Waals surface area contributed by atoms with Gasteiger partial charge in [0.15, 0.2) is 0 Å². The van der Waals surface area contributed by atoms with Crippen molar-refractivity contribution in [2.45, 2.75) is 59.7 Å². The lowest BCUT2D eigenvalue weighted by molar-refractivity contribution is -0.150. The van der Waals surface area contributed by atoms with E-state index in [-0.39, 0.29) is 11.3 Å². The van der Waals surface area contributed by atoms with Crippen molar-refractivity contribution in [2.75, 3.05) is 0 Å². The van der Waals surface area contributed by atoms with Crippen molar-refractivity contribution in [3.8, 4) is 0 Å². The first kappa shape index (κ1) is 15.9. The summed E-state index contributed by atoms with van der Waals surface area (Å²) in [5.74, 6) is 0.300. The van der Waals surface area contributed by atoms with Crippen LogP contribution in [0.25, 0.3) is 0 Å². The molecule has 0 radical (unpaired) electrons. The van der Waals surface area contributed by atoms with E-state index in [1.165, 1.54) is 0 Å². The van der Waals surface area contributed by atoms with E-state index < -0.39 is 5.97 Å². The molecule has 0 saturated heterocycles. The molecule has 2 N–H and O–H groups in total. The van der Waals surface area contributed by atoms with Crippen LogP contribution < -0.4 is 5.32 Å². The molecule has 0 bridgehead atoms. The highest BCUT2D eigenvalue weighted by atomic mass is 16.4. The lowest BCUT2D eigenvalue weighted by Crippen LogP contribution is -2.51. The van der Waals surface area contributed by atoms with Crippen molar-refractivity contribution in [1.82, 2.24) is 20.1 Å². The Labute approximate surface area is 126 Å². The Bertz CT molecular complexity index is 498. The van der Waals surface area contributed by atoms with E-state index in [1.54, 1.807) is 6.33 Å². The number of carbonyl (C=O) groups is 1. The molecular formula is C15H26N4O2. The van der Waals surface area contributed by atoms with Crippen LogP contribution in [0.5, 0.6) is 0 Å². The Kier molecular flexibility index (Phi) is 4.66. The zero-order valence-electron chi connectivity index (χ0n) is 13.3. The van der Waals surface area contributed by atoms with Crippen molar-refractivity contribution < 1.29 is 9.90 Å². The van der Waals surface area contributed by atoms with Crippen molar-refractivity contribution in [2.24, 2.45) is 17.3 Å². The summed E-state index contributed by atoms with van der Waals surface area (Å²) >= 11 is 0. The molecule has 21 heavy (non-hydrogen) atoms. The molecule has 2 rings (SSSR count). The van der Waals surface area contributed by atoms with Gasteiger partial charge in [-0.1, -0.05) is 20.8 Å². The number of hydrogen-bond acceptors (Lipinski definition) is 4. The number of aromatic nitrogens is 3. The normalized spacial score (nSPS) is 28.5. The number of aliphatic carboxylic acids is 1. The molecule has 0 aromatic carbocycles. The highest BCUT2D eigenvalue weighted by Crippen LogP contribution is 2.45. The molecular weight excluding hydrogens is 268 g/mol. The third-order valence-electron chi connectivity index (χ3n) is 5.26. The fourth-order valence-electron chi connectivity index (χ4n) is 3.44. The molecule has 1 heterocycles. The lowest BCUT2D eigenvalue weighted by Gasteiger charge is -2.46. The minimum Gasteiger partial charge on any atom is -0.481 e. The number of carboxylic acids is 1. The maximum atomic E-state index is 11.4. The monoisotopic (exact) mass is 294 g/mol. The summed E-state index contributed by atoms with van der Waals surface area (Å²) in [6.07, 6.45) is 3.20. The van der Waals surface area contributed by atoms with E-state index >= 15 is 0 Å². The third-order valence-corrected chi connectivity index (χ3v) is 5.26. The number of carboxylic acid groups (broad SMARTS) is 1. The van der Waals surface area contributed by atoms with Gasteiger partial charge in [-0.15, -0.1) is 0 Å². The van der Waals surface area contributed by atoms with E-state index in [1.807, 2.05) is 11.6 Å². The van der Waals surface area contributed by atoms with Gasteiger partial charge in [0.1, 0.15) is 12.2 Å². The van der Waals surface area contributed by atoms with Gasteiger partial charge in [-0.2, -0.15) is 5.10 Å². The van der Waals surface area contributed by atoms with Gasteiger partial charge in [0.05, 0.1) is 12.5 Å². The van der Waals surface area contributed by atoms with Crippen molar-refractivity contribution in [1.29, 1.82) is 0 Å². The van der Waals surface area contributed by atoms with Gasteiger partial charge in [-0.3, -0.25) is 4.79 Å². The topological polar surface area (TPSA) is 80.0 Å². The average Bonchev–Trinajstić information content (AvgIpc) is 2.87. The molecule has 0 amide bonds. The molecule has 1 aromatic rings. The van der Waals surface area contributed by atoms with Gasteiger partial charge in [0.25, 0.3) is 0 Å². The summed E-state index contributed by atoms with van der Waals surface area (Å²) in [5.41, 5.74) is -0.208. The zero-order chi connectivity index (χ0) is 15.6. The van der Waals surface area contributed by atoms with Crippen LogP contribution in [0.4, 0.5) is 0 Å². The van der Waals surface area contributed by atoms with Crippen LogP contribution in [0.3, 0.4) is 0 Å². The molecule has 1 aliphatic carbocycles. The van der Waals surface area contributed by atoms with E-state index in [0.29, 0.717) is 18.5 Å². The molecule has 1 aliphatic rings. The highest BCUT2D eigenvalue weighted by molar-refractivity contribution is 5.71. The lowest BCUT2D eigenvalue weighted by atomic mass is 9.61. The van der Waals surface area contributed by atoms with Crippen LogP contribution in [0.2, 0.25) is 0 Å². The summed E-state index contributed by atoms with van der Waals surface area (Å²) < 4.78 is 1.88. The maximum Gasteiger partial charge on any atom is 0.307 e. The molecule has 6 heteroatoms. The van der Waals surface area contributed by atoms with E-state index in [4.69, 9.17) is 0 Å². The fraction of sp³-hybridized carbons (Fsp3) is 0.800.